The predicted octanol–water partition coefficient (Wildman–Crippen LogP) is 2.83. The van der Waals surface area contributed by atoms with Crippen LogP contribution < -0.4 is 10.1 Å². The van der Waals surface area contributed by atoms with Crippen molar-refractivity contribution in [2.24, 2.45) is 0 Å². The van der Waals surface area contributed by atoms with Crippen LogP contribution in [0.25, 0.3) is 0 Å². The Labute approximate surface area is 108 Å². The fourth-order valence-electron chi connectivity index (χ4n) is 1.42. The van der Waals surface area contributed by atoms with Gasteiger partial charge in [0.2, 0.25) is 0 Å². The molecule has 6 heteroatoms. The molecule has 1 N–H and O–H groups in total. The van der Waals surface area contributed by atoms with E-state index in [1.165, 1.54) is 0 Å². The summed E-state index contributed by atoms with van der Waals surface area (Å²) in [4.78, 5) is 0. The summed E-state index contributed by atoms with van der Waals surface area (Å²) in [6, 6.07) is 2.54. The van der Waals surface area contributed by atoms with E-state index < -0.39 is 17.6 Å². The average molecular weight is 275 g/mol. The van der Waals surface area contributed by atoms with E-state index in [1.807, 2.05) is 0 Å². The van der Waals surface area contributed by atoms with Gasteiger partial charge in [-0.2, -0.15) is 13.2 Å². The quantitative estimate of drug-likeness (QED) is 0.507. The Morgan fingerprint density at radius 1 is 1.42 bits per heavy atom. The Balaban J connectivity index is 2.72. The lowest BCUT2D eigenvalue weighted by Crippen LogP contribution is -2.29. The van der Waals surface area contributed by atoms with Crippen LogP contribution in [0.1, 0.15) is 12.5 Å². The fraction of sp³-hybridized carbons (Fsp3) is 0.385. The molecule has 0 radical (unpaired) electrons. The summed E-state index contributed by atoms with van der Waals surface area (Å²) in [5, 5.41) is 2.85. The Morgan fingerprint density at radius 3 is 2.68 bits per heavy atom. The van der Waals surface area contributed by atoms with Crippen LogP contribution in [-0.2, 0) is 6.18 Å². The molecule has 0 bridgehead atoms. The molecule has 104 valence electrons. The topological polar surface area (TPSA) is 21.3 Å². The number of ether oxygens (including phenoxy) is 1. The van der Waals surface area contributed by atoms with Crippen molar-refractivity contribution < 1.29 is 22.3 Å². The first-order chi connectivity index (χ1) is 8.84. The fourth-order valence-corrected chi connectivity index (χ4v) is 1.42. The zero-order valence-corrected chi connectivity index (χ0v) is 10.2. The number of hydrogen-bond donors (Lipinski definition) is 1. The highest BCUT2D eigenvalue weighted by molar-refractivity contribution is 5.31. The van der Waals surface area contributed by atoms with Crippen molar-refractivity contribution in [2.75, 3.05) is 13.1 Å². The van der Waals surface area contributed by atoms with Gasteiger partial charge in [-0.3, -0.25) is 0 Å². The molecular weight excluding hydrogens is 262 g/mol. The molecule has 0 fully saturated rings. The van der Waals surface area contributed by atoms with Crippen molar-refractivity contribution in [3.63, 3.8) is 0 Å². The van der Waals surface area contributed by atoms with Gasteiger partial charge in [0.05, 0.1) is 12.1 Å². The van der Waals surface area contributed by atoms with Crippen LogP contribution in [0.3, 0.4) is 0 Å². The highest BCUT2D eigenvalue weighted by atomic mass is 19.4. The van der Waals surface area contributed by atoms with Gasteiger partial charge in [-0.1, -0.05) is 5.92 Å². The van der Waals surface area contributed by atoms with Gasteiger partial charge in [0, 0.05) is 6.54 Å². The molecule has 0 saturated carbocycles. The minimum absolute atomic E-state index is 0.0382. The summed E-state index contributed by atoms with van der Waals surface area (Å²) < 4.78 is 55.7. The van der Waals surface area contributed by atoms with Gasteiger partial charge in [-0.05, 0) is 25.1 Å². The summed E-state index contributed by atoms with van der Waals surface area (Å²) in [6.07, 6.45) is -0.0989. The normalized spacial score (nSPS) is 12.8. The zero-order chi connectivity index (χ0) is 14.5. The largest absolute Gasteiger partial charge is 0.489 e. The van der Waals surface area contributed by atoms with Gasteiger partial charge < -0.3 is 10.1 Å². The van der Waals surface area contributed by atoms with Gasteiger partial charge in [-0.15, -0.1) is 6.42 Å². The van der Waals surface area contributed by atoms with Crippen molar-refractivity contribution in [3.8, 4) is 18.1 Å². The van der Waals surface area contributed by atoms with Crippen LogP contribution in [-0.4, -0.2) is 19.2 Å². The number of nitrogens with one attached hydrogen (secondary N) is 1. The highest BCUT2D eigenvalue weighted by Gasteiger charge is 2.34. The SMILES string of the molecule is C#CCNCC(C)Oc1ccc(F)c(C(F)(F)F)c1. The highest BCUT2D eigenvalue weighted by Crippen LogP contribution is 2.33. The van der Waals surface area contributed by atoms with E-state index in [9.17, 15) is 17.6 Å². The lowest BCUT2D eigenvalue weighted by atomic mass is 10.2. The molecule has 0 saturated heterocycles. The van der Waals surface area contributed by atoms with Crippen LogP contribution in [0, 0.1) is 18.2 Å². The molecule has 0 amide bonds. The maximum absolute atomic E-state index is 13.0. The van der Waals surface area contributed by atoms with Gasteiger partial charge >= 0.3 is 6.18 Å². The minimum Gasteiger partial charge on any atom is -0.489 e. The van der Waals surface area contributed by atoms with E-state index >= 15 is 0 Å². The summed E-state index contributed by atoms with van der Waals surface area (Å²) in [5.41, 5.74) is -1.34. The van der Waals surface area contributed by atoms with E-state index in [0.29, 0.717) is 19.2 Å². The lowest BCUT2D eigenvalue weighted by Gasteiger charge is -2.16. The maximum atomic E-state index is 13.0. The molecule has 0 heterocycles. The summed E-state index contributed by atoms with van der Waals surface area (Å²) in [5.74, 6) is 0.999. The number of alkyl halides is 3. The average Bonchev–Trinajstić information content (AvgIpc) is 2.30. The number of benzene rings is 1. The molecule has 1 rings (SSSR count). The first-order valence-corrected chi connectivity index (χ1v) is 5.52. The molecule has 0 aromatic heterocycles. The third-order valence-corrected chi connectivity index (χ3v) is 2.24. The van der Waals surface area contributed by atoms with Gasteiger partial charge in [0.15, 0.2) is 0 Å². The Hall–Kier alpha value is -1.74. The van der Waals surface area contributed by atoms with Gasteiger partial charge in [0.1, 0.15) is 17.7 Å². The maximum Gasteiger partial charge on any atom is 0.419 e. The minimum atomic E-state index is -4.74. The number of halogens is 4. The number of terminal acetylenes is 1. The molecule has 1 unspecified atom stereocenters. The second-order valence-corrected chi connectivity index (χ2v) is 3.90. The van der Waals surface area contributed by atoms with Crippen LogP contribution in [0.5, 0.6) is 5.75 Å². The molecule has 0 aliphatic heterocycles. The van der Waals surface area contributed by atoms with E-state index in [-0.39, 0.29) is 11.9 Å². The zero-order valence-electron chi connectivity index (χ0n) is 10.2. The Morgan fingerprint density at radius 2 is 2.11 bits per heavy atom. The van der Waals surface area contributed by atoms with E-state index in [0.717, 1.165) is 12.1 Å². The molecule has 0 aliphatic carbocycles. The van der Waals surface area contributed by atoms with Crippen molar-refractivity contribution >= 4 is 0 Å². The molecule has 1 atom stereocenters. The van der Waals surface area contributed by atoms with Crippen LogP contribution in [0.2, 0.25) is 0 Å². The monoisotopic (exact) mass is 275 g/mol. The van der Waals surface area contributed by atoms with E-state index in [2.05, 4.69) is 11.2 Å². The van der Waals surface area contributed by atoms with Crippen molar-refractivity contribution in [1.29, 1.82) is 0 Å². The van der Waals surface area contributed by atoms with Crippen LogP contribution >= 0.6 is 0 Å². The third-order valence-electron chi connectivity index (χ3n) is 2.24. The van der Waals surface area contributed by atoms with Crippen molar-refractivity contribution in [2.45, 2.75) is 19.2 Å². The standard InChI is InChI=1S/C13H13F4NO/c1-3-6-18-8-9(2)19-10-4-5-12(14)11(7-10)13(15,16)17/h1,4-5,7,9,18H,6,8H2,2H3. The molecule has 1 aromatic carbocycles. The molecule has 1 aromatic rings. The Kier molecular flexibility index (Phi) is 5.19. The molecular formula is C13H13F4NO. The lowest BCUT2D eigenvalue weighted by molar-refractivity contribution is -0.140. The first kappa shape index (κ1) is 15.3. The van der Waals surface area contributed by atoms with Crippen molar-refractivity contribution in [1.82, 2.24) is 5.32 Å². The van der Waals surface area contributed by atoms with Crippen LogP contribution in [0.4, 0.5) is 17.6 Å². The summed E-state index contributed by atoms with van der Waals surface area (Å²) in [7, 11) is 0. The second kappa shape index (κ2) is 6.43. The van der Waals surface area contributed by atoms with Gasteiger partial charge in [0.25, 0.3) is 0 Å². The van der Waals surface area contributed by atoms with E-state index in [1.54, 1.807) is 6.92 Å². The molecule has 0 spiro atoms. The third kappa shape index (κ3) is 4.79. The number of hydrogen-bond acceptors (Lipinski definition) is 2. The predicted molar refractivity (Wildman–Crippen MR) is 63.2 cm³/mol. The van der Waals surface area contributed by atoms with E-state index in [4.69, 9.17) is 11.2 Å². The molecule has 0 aliphatic rings. The smallest absolute Gasteiger partial charge is 0.419 e. The molecule has 19 heavy (non-hydrogen) atoms. The van der Waals surface area contributed by atoms with Crippen molar-refractivity contribution in [3.05, 3.63) is 29.6 Å². The summed E-state index contributed by atoms with van der Waals surface area (Å²) in [6.45, 7) is 2.38. The number of rotatable bonds is 5. The van der Waals surface area contributed by atoms with Crippen LogP contribution in [0.15, 0.2) is 18.2 Å². The molecule has 2 nitrogen and oxygen atoms in total. The first-order valence-electron chi connectivity index (χ1n) is 5.52. The summed E-state index contributed by atoms with van der Waals surface area (Å²) >= 11 is 0. The second-order valence-electron chi connectivity index (χ2n) is 3.90. The Bertz CT molecular complexity index is 465. The van der Waals surface area contributed by atoms with Gasteiger partial charge in [-0.25, -0.2) is 4.39 Å².